The highest BCUT2D eigenvalue weighted by Crippen LogP contribution is 2.18. The van der Waals surface area contributed by atoms with E-state index in [0.29, 0.717) is 18.9 Å². The van der Waals surface area contributed by atoms with Crippen LogP contribution >= 0.6 is 12.4 Å². The molecular formula is C13H25ClN2O3. The van der Waals surface area contributed by atoms with Crippen LogP contribution in [0.2, 0.25) is 0 Å². The molecule has 2 aliphatic rings. The Hall–Kier alpha value is -0.360. The van der Waals surface area contributed by atoms with E-state index >= 15 is 0 Å². The van der Waals surface area contributed by atoms with Gasteiger partial charge in [0.2, 0.25) is 5.91 Å². The molecular weight excluding hydrogens is 268 g/mol. The predicted octanol–water partition coefficient (Wildman–Crippen LogP) is 0.672. The van der Waals surface area contributed by atoms with E-state index in [1.165, 1.54) is 0 Å². The Labute approximate surface area is 121 Å². The zero-order valence-electron chi connectivity index (χ0n) is 11.6. The third-order valence-electron chi connectivity index (χ3n) is 3.62. The number of likely N-dealkylation sites (tertiary alicyclic amines) is 1. The van der Waals surface area contributed by atoms with Crippen molar-refractivity contribution in [3.8, 4) is 0 Å². The summed E-state index contributed by atoms with van der Waals surface area (Å²) >= 11 is 0. The standard InChI is InChI=1S/C13H24N2O3.ClH/c1-2-17-9-11-3-5-15(8-11)13(16)7-12-10-18-6-4-14-12;/h11-12,14H,2-10H2,1H3;1H. The Balaban J connectivity index is 0.00000180. The summed E-state index contributed by atoms with van der Waals surface area (Å²) in [5, 5.41) is 3.32. The molecule has 1 N–H and O–H groups in total. The van der Waals surface area contributed by atoms with Crippen LogP contribution in [-0.4, -0.2) is 62.9 Å². The van der Waals surface area contributed by atoms with Crippen molar-refractivity contribution in [3.63, 3.8) is 0 Å². The fourth-order valence-corrected chi connectivity index (χ4v) is 2.57. The summed E-state index contributed by atoms with van der Waals surface area (Å²) in [7, 11) is 0. The van der Waals surface area contributed by atoms with Gasteiger partial charge in [0.25, 0.3) is 0 Å². The van der Waals surface area contributed by atoms with Crippen LogP contribution in [0.5, 0.6) is 0 Å². The van der Waals surface area contributed by atoms with Crippen molar-refractivity contribution < 1.29 is 14.3 Å². The predicted molar refractivity (Wildman–Crippen MR) is 75.7 cm³/mol. The Morgan fingerprint density at radius 2 is 2.37 bits per heavy atom. The Morgan fingerprint density at radius 3 is 3.05 bits per heavy atom. The van der Waals surface area contributed by atoms with Crippen LogP contribution in [0.1, 0.15) is 19.8 Å². The molecule has 0 aliphatic carbocycles. The molecule has 0 aromatic rings. The number of amides is 1. The van der Waals surface area contributed by atoms with Crippen LogP contribution in [0.3, 0.4) is 0 Å². The summed E-state index contributed by atoms with van der Waals surface area (Å²) in [6.45, 7) is 7.54. The summed E-state index contributed by atoms with van der Waals surface area (Å²) in [6.07, 6.45) is 1.63. The molecule has 2 fully saturated rings. The van der Waals surface area contributed by atoms with E-state index < -0.39 is 0 Å². The van der Waals surface area contributed by atoms with Gasteiger partial charge < -0.3 is 19.7 Å². The molecule has 0 bridgehead atoms. The number of carbonyl (C=O) groups excluding carboxylic acids is 1. The molecule has 2 aliphatic heterocycles. The van der Waals surface area contributed by atoms with Crippen LogP contribution in [0.4, 0.5) is 0 Å². The SMILES string of the molecule is CCOCC1CCN(C(=O)CC2COCCN2)C1.Cl. The second kappa shape index (κ2) is 8.74. The number of hydrogen-bond donors (Lipinski definition) is 1. The molecule has 0 saturated carbocycles. The lowest BCUT2D eigenvalue weighted by atomic mass is 10.1. The summed E-state index contributed by atoms with van der Waals surface area (Å²) in [5.41, 5.74) is 0. The largest absolute Gasteiger partial charge is 0.381 e. The van der Waals surface area contributed by atoms with Gasteiger partial charge in [-0.1, -0.05) is 0 Å². The topological polar surface area (TPSA) is 50.8 Å². The second-order valence-electron chi connectivity index (χ2n) is 5.08. The fourth-order valence-electron chi connectivity index (χ4n) is 2.57. The maximum absolute atomic E-state index is 12.1. The summed E-state index contributed by atoms with van der Waals surface area (Å²) in [5.74, 6) is 0.765. The van der Waals surface area contributed by atoms with Crippen LogP contribution in [0.25, 0.3) is 0 Å². The van der Waals surface area contributed by atoms with Crippen molar-refractivity contribution in [2.75, 3.05) is 46.1 Å². The van der Waals surface area contributed by atoms with Gasteiger partial charge in [0.1, 0.15) is 0 Å². The highest BCUT2D eigenvalue weighted by Gasteiger charge is 2.28. The van der Waals surface area contributed by atoms with Crippen LogP contribution in [0.15, 0.2) is 0 Å². The van der Waals surface area contributed by atoms with Crippen molar-refractivity contribution in [1.29, 1.82) is 0 Å². The molecule has 2 unspecified atom stereocenters. The second-order valence-corrected chi connectivity index (χ2v) is 5.08. The van der Waals surface area contributed by atoms with Crippen molar-refractivity contribution in [1.82, 2.24) is 10.2 Å². The zero-order valence-corrected chi connectivity index (χ0v) is 12.4. The first-order valence-corrected chi connectivity index (χ1v) is 6.96. The van der Waals surface area contributed by atoms with Crippen molar-refractivity contribution in [3.05, 3.63) is 0 Å². The molecule has 1 amide bonds. The van der Waals surface area contributed by atoms with Crippen molar-refractivity contribution in [2.24, 2.45) is 5.92 Å². The first kappa shape index (κ1) is 16.7. The molecule has 0 spiro atoms. The minimum Gasteiger partial charge on any atom is -0.381 e. The van der Waals surface area contributed by atoms with Gasteiger partial charge in [0, 0.05) is 44.6 Å². The third-order valence-corrected chi connectivity index (χ3v) is 3.62. The van der Waals surface area contributed by atoms with E-state index in [0.717, 1.165) is 45.9 Å². The molecule has 2 saturated heterocycles. The molecule has 6 heteroatoms. The fraction of sp³-hybridized carbons (Fsp3) is 0.923. The van der Waals surface area contributed by atoms with E-state index in [9.17, 15) is 4.79 Å². The van der Waals surface area contributed by atoms with Crippen LogP contribution in [0, 0.1) is 5.92 Å². The van der Waals surface area contributed by atoms with Gasteiger partial charge in [-0.15, -0.1) is 12.4 Å². The van der Waals surface area contributed by atoms with E-state index in [1.54, 1.807) is 0 Å². The Bertz CT molecular complexity index is 273. The molecule has 19 heavy (non-hydrogen) atoms. The summed E-state index contributed by atoms with van der Waals surface area (Å²) < 4.78 is 10.8. The van der Waals surface area contributed by atoms with Gasteiger partial charge in [-0.05, 0) is 13.3 Å². The van der Waals surface area contributed by atoms with E-state index in [-0.39, 0.29) is 24.4 Å². The zero-order chi connectivity index (χ0) is 12.8. The molecule has 2 atom stereocenters. The number of hydrogen-bond acceptors (Lipinski definition) is 4. The average molecular weight is 293 g/mol. The smallest absolute Gasteiger partial charge is 0.224 e. The normalized spacial score (nSPS) is 27.1. The molecule has 2 rings (SSSR count). The van der Waals surface area contributed by atoms with E-state index in [2.05, 4.69) is 5.32 Å². The number of ether oxygens (including phenoxy) is 2. The Kier molecular flexibility index (Phi) is 7.68. The van der Waals surface area contributed by atoms with Crippen LogP contribution < -0.4 is 5.32 Å². The Morgan fingerprint density at radius 1 is 1.53 bits per heavy atom. The molecule has 0 radical (unpaired) electrons. The number of morpholine rings is 1. The van der Waals surface area contributed by atoms with Gasteiger partial charge >= 0.3 is 0 Å². The van der Waals surface area contributed by atoms with Gasteiger partial charge in [-0.25, -0.2) is 0 Å². The van der Waals surface area contributed by atoms with E-state index in [4.69, 9.17) is 9.47 Å². The number of rotatable bonds is 5. The molecule has 2 heterocycles. The number of nitrogens with zero attached hydrogens (tertiary/aromatic N) is 1. The molecule has 5 nitrogen and oxygen atoms in total. The maximum Gasteiger partial charge on any atom is 0.224 e. The number of nitrogens with one attached hydrogen (secondary N) is 1. The minimum absolute atomic E-state index is 0. The maximum atomic E-state index is 12.1. The van der Waals surface area contributed by atoms with Gasteiger partial charge in [-0.2, -0.15) is 0 Å². The minimum atomic E-state index is 0. The van der Waals surface area contributed by atoms with Crippen molar-refractivity contribution >= 4 is 18.3 Å². The monoisotopic (exact) mass is 292 g/mol. The molecule has 0 aromatic heterocycles. The van der Waals surface area contributed by atoms with Crippen molar-refractivity contribution in [2.45, 2.75) is 25.8 Å². The highest BCUT2D eigenvalue weighted by atomic mass is 35.5. The number of carbonyl (C=O) groups is 1. The first-order chi connectivity index (χ1) is 8.79. The highest BCUT2D eigenvalue weighted by molar-refractivity contribution is 5.85. The molecule has 112 valence electrons. The average Bonchev–Trinajstić information content (AvgIpc) is 2.86. The molecule has 0 aromatic carbocycles. The summed E-state index contributed by atoms with van der Waals surface area (Å²) in [6, 6.07) is 0.192. The van der Waals surface area contributed by atoms with Gasteiger partial charge in [-0.3, -0.25) is 4.79 Å². The first-order valence-electron chi connectivity index (χ1n) is 6.96. The lowest BCUT2D eigenvalue weighted by Gasteiger charge is -2.25. The van der Waals surface area contributed by atoms with Crippen LogP contribution in [-0.2, 0) is 14.3 Å². The number of halogens is 1. The quantitative estimate of drug-likeness (QED) is 0.809. The lowest BCUT2D eigenvalue weighted by molar-refractivity contribution is -0.131. The lowest BCUT2D eigenvalue weighted by Crippen LogP contribution is -2.44. The van der Waals surface area contributed by atoms with Gasteiger partial charge in [0.05, 0.1) is 19.8 Å². The third kappa shape index (κ3) is 5.26. The van der Waals surface area contributed by atoms with Gasteiger partial charge in [0.15, 0.2) is 0 Å². The summed E-state index contributed by atoms with van der Waals surface area (Å²) in [4.78, 5) is 14.1. The van der Waals surface area contributed by atoms with E-state index in [1.807, 2.05) is 11.8 Å².